The molecule has 4 aromatic rings. The monoisotopic (exact) mass is 580 g/mol. The Labute approximate surface area is 227 Å². The second-order valence-electron chi connectivity index (χ2n) is 9.80. The van der Waals surface area contributed by atoms with Crippen LogP contribution in [-0.4, -0.2) is 45.9 Å². The molecule has 200 valence electrons. The van der Waals surface area contributed by atoms with Gasteiger partial charge in [0.15, 0.2) is 0 Å². The first-order valence-electron chi connectivity index (χ1n) is 12.4. The molecule has 2 aromatic heterocycles. The van der Waals surface area contributed by atoms with Crippen LogP contribution in [-0.2, 0) is 10.0 Å². The number of alkyl halides is 3. The van der Waals surface area contributed by atoms with Crippen molar-refractivity contribution in [3.63, 3.8) is 0 Å². The Hall–Kier alpha value is -2.47. The third-order valence-corrected chi connectivity index (χ3v) is 10.1. The summed E-state index contributed by atoms with van der Waals surface area (Å²) in [6.07, 6.45) is 4.39. The van der Waals surface area contributed by atoms with E-state index in [1.807, 2.05) is 35.7 Å². The summed E-state index contributed by atoms with van der Waals surface area (Å²) >= 11 is 7.71. The van der Waals surface area contributed by atoms with Gasteiger partial charge in [-0.2, -0.15) is 17.5 Å². The fourth-order valence-electron chi connectivity index (χ4n) is 5.32. The molecule has 1 saturated carbocycles. The van der Waals surface area contributed by atoms with Crippen molar-refractivity contribution in [2.75, 3.05) is 13.1 Å². The lowest BCUT2D eigenvalue weighted by Gasteiger charge is -2.33. The van der Waals surface area contributed by atoms with E-state index >= 15 is 0 Å². The van der Waals surface area contributed by atoms with Crippen molar-refractivity contribution in [2.24, 2.45) is 0 Å². The van der Waals surface area contributed by atoms with Gasteiger partial charge in [-0.1, -0.05) is 29.8 Å². The highest BCUT2D eigenvalue weighted by atomic mass is 35.5. The standard InChI is InChI=1S/C26H24ClF3N4O2S2/c27-19-6-3-16(4-7-19)23(25-31-11-14-37-25)18-5-8-21-22(15-18)34(24(32-21)17-1-2-17)20-9-12-33(13-10-20)38(35,36)26(28,29)30/h3-8,11,14-15,17,20,23H,1-2,9-10,12-13H2. The van der Waals surface area contributed by atoms with Crippen molar-refractivity contribution < 1.29 is 21.6 Å². The van der Waals surface area contributed by atoms with Crippen LogP contribution in [0.25, 0.3) is 11.0 Å². The van der Waals surface area contributed by atoms with E-state index in [9.17, 15) is 21.6 Å². The van der Waals surface area contributed by atoms with E-state index in [-0.39, 0.29) is 37.9 Å². The molecule has 38 heavy (non-hydrogen) atoms. The summed E-state index contributed by atoms with van der Waals surface area (Å²) in [7, 11) is -5.33. The van der Waals surface area contributed by atoms with Gasteiger partial charge in [0.2, 0.25) is 0 Å². The Morgan fingerprint density at radius 3 is 2.29 bits per heavy atom. The molecule has 6 nitrogen and oxygen atoms in total. The number of hydrogen-bond acceptors (Lipinski definition) is 5. The summed E-state index contributed by atoms with van der Waals surface area (Å²) in [4.78, 5) is 9.51. The minimum atomic E-state index is -5.33. The van der Waals surface area contributed by atoms with Crippen molar-refractivity contribution in [2.45, 2.75) is 49.1 Å². The van der Waals surface area contributed by atoms with Crippen molar-refractivity contribution in [1.82, 2.24) is 18.8 Å². The highest BCUT2D eigenvalue weighted by Crippen LogP contribution is 2.44. The topological polar surface area (TPSA) is 68.1 Å². The van der Waals surface area contributed by atoms with Gasteiger partial charge < -0.3 is 4.57 Å². The lowest BCUT2D eigenvalue weighted by Crippen LogP contribution is -2.45. The maximum Gasteiger partial charge on any atom is 0.511 e. The number of nitrogens with zero attached hydrogens (tertiary/aromatic N) is 4. The second kappa shape index (κ2) is 9.62. The van der Waals surface area contributed by atoms with Gasteiger partial charge in [0.1, 0.15) is 10.8 Å². The molecule has 6 rings (SSSR count). The van der Waals surface area contributed by atoms with Gasteiger partial charge in [-0.05, 0) is 61.1 Å². The quantitative estimate of drug-likeness (QED) is 0.255. The van der Waals surface area contributed by atoms with Gasteiger partial charge in [-0.25, -0.2) is 18.4 Å². The Bertz CT molecular complexity index is 1560. The summed E-state index contributed by atoms with van der Waals surface area (Å²) in [6, 6.07) is 13.7. The number of sulfonamides is 1. The molecule has 0 amide bonds. The highest BCUT2D eigenvalue weighted by Gasteiger charge is 2.50. The van der Waals surface area contributed by atoms with E-state index in [1.54, 1.807) is 17.5 Å². The predicted octanol–water partition coefficient (Wildman–Crippen LogP) is 6.69. The zero-order valence-electron chi connectivity index (χ0n) is 20.1. The van der Waals surface area contributed by atoms with Crippen molar-refractivity contribution in [1.29, 1.82) is 0 Å². The molecule has 1 aliphatic carbocycles. The molecule has 0 radical (unpaired) electrons. The SMILES string of the molecule is O=S(=O)(N1CCC(n2c(C3CC3)nc3ccc(C(c4ccc(Cl)cc4)c4nccs4)cc32)CC1)C(F)(F)F. The van der Waals surface area contributed by atoms with Crippen LogP contribution in [0, 0.1) is 0 Å². The summed E-state index contributed by atoms with van der Waals surface area (Å²) in [5.41, 5.74) is -1.48. The van der Waals surface area contributed by atoms with Crippen LogP contribution < -0.4 is 0 Å². The van der Waals surface area contributed by atoms with Gasteiger partial charge in [0.25, 0.3) is 0 Å². The summed E-state index contributed by atoms with van der Waals surface area (Å²) in [5.74, 6) is 1.13. The third-order valence-electron chi connectivity index (χ3n) is 7.34. The molecule has 2 aliphatic rings. The van der Waals surface area contributed by atoms with Crippen LogP contribution in [0.1, 0.15) is 65.5 Å². The number of rotatable bonds is 6. The molecule has 1 atom stereocenters. The van der Waals surface area contributed by atoms with E-state index in [1.165, 1.54) is 0 Å². The zero-order chi connectivity index (χ0) is 26.7. The summed E-state index contributed by atoms with van der Waals surface area (Å²) < 4.78 is 66.0. The van der Waals surface area contributed by atoms with Crippen molar-refractivity contribution >= 4 is 44.0 Å². The van der Waals surface area contributed by atoms with Gasteiger partial charge in [-0.15, -0.1) is 11.3 Å². The fourth-order valence-corrected chi connectivity index (χ4v) is 7.22. The third kappa shape index (κ3) is 4.63. The van der Waals surface area contributed by atoms with Crippen molar-refractivity contribution in [3.8, 4) is 0 Å². The summed E-state index contributed by atoms with van der Waals surface area (Å²) in [5, 5.41) is 3.52. The van der Waals surface area contributed by atoms with Gasteiger partial charge in [0, 0.05) is 41.6 Å². The molecule has 2 fully saturated rings. The number of thiazole rings is 1. The predicted molar refractivity (Wildman–Crippen MR) is 141 cm³/mol. The first kappa shape index (κ1) is 25.8. The van der Waals surface area contributed by atoms with E-state index < -0.39 is 15.5 Å². The molecule has 0 N–H and O–H groups in total. The van der Waals surface area contributed by atoms with E-state index in [4.69, 9.17) is 16.6 Å². The van der Waals surface area contributed by atoms with E-state index in [0.29, 0.717) is 15.2 Å². The number of aromatic nitrogens is 3. The molecule has 1 unspecified atom stereocenters. The van der Waals surface area contributed by atoms with Gasteiger partial charge in [0.05, 0.1) is 17.0 Å². The molecule has 0 spiro atoms. The smallest absolute Gasteiger partial charge is 0.325 e. The number of imidazole rings is 1. The zero-order valence-corrected chi connectivity index (χ0v) is 22.5. The van der Waals surface area contributed by atoms with Crippen LogP contribution >= 0.6 is 22.9 Å². The average Bonchev–Trinajstić information content (AvgIpc) is 3.46. The van der Waals surface area contributed by atoms with E-state index in [2.05, 4.69) is 21.7 Å². The molecule has 3 heterocycles. The largest absolute Gasteiger partial charge is 0.511 e. The van der Waals surface area contributed by atoms with E-state index in [0.717, 1.165) is 45.8 Å². The Balaban J connectivity index is 1.39. The van der Waals surface area contributed by atoms with Gasteiger partial charge in [-0.3, -0.25) is 0 Å². The average molecular weight is 581 g/mol. The molecular weight excluding hydrogens is 557 g/mol. The maximum absolute atomic E-state index is 13.1. The van der Waals surface area contributed by atoms with Crippen LogP contribution in [0.5, 0.6) is 0 Å². The lowest BCUT2D eigenvalue weighted by molar-refractivity contribution is -0.0496. The van der Waals surface area contributed by atoms with Crippen LogP contribution in [0.3, 0.4) is 0 Å². The Morgan fingerprint density at radius 1 is 1.00 bits per heavy atom. The Morgan fingerprint density at radius 2 is 1.68 bits per heavy atom. The first-order valence-corrected chi connectivity index (χ1v) is 15.1. The van der Waals surface area contributed by atoms with Crippen LogP contribution in [0.4, 0.5) is 13.2 Å². The van der Waals surface area contributed by atoms with Crippen molar-refractivity contribution in [3.05, 3.63) is 81.0 Å². The molecule has 12 heteroatoms. The molecule has 2 aromatic carbocycles. The second-order valence-corrected chi connectivity index (χ2v) is 13.1. The summed E-state index contributed by atoms with van der Waals surface area (Å²) in [6.45, 7) is -0.356. The first-order chi connectivity index (χ1) is 18.1. The molecule has 1 saturated heterocycles. The molecule has 1 aliphatic heterocycles. The number of piperidine rings is 1. The minimum Gasteiger partial charge on any atom is -0.325 e. The number of benzene rings is 2. The maximum atomic E-state index is 13.1. The normalized spacial score (nSPS) is 18.7. The van der Waals surface area contributed by atoms with Gasteiger partial charge >= 0.3 is 15.5 Å². The van der Waals surface area contributed by atoms with Crippen LogP contribution in [0.2, 0.25) is 5.02 Å². The lowest BCUT2D eigenvalue weighted by atomic mass is 9.91. The molecule has 0 bridgehead atoms. The molecular formula is C26H24ClF3N4O2S2. The Kier molecular flexibility index (Phi) is 6.53. The number of halogens is 4. The van der Waals surface area contributed by atoms with Crippen LogP contribution in [0.15, 0.2) is 54.0 Å². The highest BCUT2D eigenvalue weighted by molar-refractivity contribution is 7.90. The number of fused-ring (bicyclic) bond motifs is 1. The fraction of sp³-hybridized carbons (Fsp3) is 0.385. The number of hydrogen-bond donors (Lipinski definition) is 0. The minimum absolute atomic E-state index is 0.122.